The number of nitrogens with zero attached hydrogens (tertiary/aromatic N) is 1. The van der Waals surface area contributed by atoms with E-state index in [0.717, 1.165) is 5.56 Å². The fraction of sp³-hybridized carbons (Fsp3) is 0.200. The number of nitro benzene ring substituents is 1. The highest BCUT2D eigenvalue weighted by Gasteiger charge is 2.18. The fourth-order valence-corrected chi connectivity index (χ4v) is 2.10. The molecule has 0 unspecified atom stereocenters. The van der Waals surface area contributed by atoms with Gasteiger partial charge in [0.2, 0.25) is 5.75 Å². The van der Waals surface area contributed by atoms with E-state index < -0.39 is 11.0 Å². The van der Waals surface area contributed by atoms with Gasteiger partial charge in [0, 0.05) is 11.1 Å². The lowest BCUT2D eigenvalue weighted by Gasteiger charge is -2.11. The third-order valence-electron chi connectivity index (χ3n) is 3.02. The lowest BCUT2D eigenvalue weighted by molar-refractivity contribution is -0.385. The highest BCUT2D eigenvalue weighted by Crippen LogP contribution is 2.35. The van der Waals surface area contributed by atoms with Crippen LogP contribution >= 0.6 is 11.6 Å². The van der Waals surface area contributed by atoms with E-state index in [-0.39, 0.29) is 11.4 Å². The maximum Gasteiger partial charge on any atom is 0.311 e. The van der Waals surface area contributed by atoms with Gasteiger partial charge in [-0.25, -0.2) is 0 Å². The number of aliphatic hydroxyl groups excluding tert-OH is 1. The van der Waals surface area contributed by atoms with Crippen molar-refractivity contribution < 1.29 is 14.8 Å². The monoisotopic (exact) mass is 307 g/mol. The van der Waals surface area contributed by atoms with Crippen LogP contribution in [0.3, 0.4) is 0 Å². The van der Waals surface area contributed by atoms with E-state index in [1.165, 1.54) is 12.1 Å². The second-order valence-electron chi connectivity index (χ2n) is 4.67. The summed E-state index contributed by atoms with van der Waals surface area (Å²) in [6, 6.07) is 9.41. The molecule has 2 rings (SSSR count). The molecule has 0 aliphatic rings. The molecule has 0 bridgehead atoms. The summed E-state index contributed by atoms with van der Waals surface area (Å²) in [6.45, 7) is 3.35. The Kier molecular flexibility index (Phi) is 4.45. The summed E-state index contributed by atoms with van der Waals surface area (Å²) in [4.78, 5) is 10.6. The van der Waals surface area contributed by atoms with Crippen molar-refractivity contribution in [2.45, 2.75) is 20.0 Å². The zero-order valence-corrected chi connectivity index (χ0v) is 12.3. The van der Waals surface area contributed by atoms with Crippen LogP contribution in [0, 0.1) is 17.0 Å². The van der Waals surface area contributed by atoms with Crippen LogP contribution in [0.2, 0.25) is 5.02 Å². The Morgan fingerprint density at radius 1 is 1.24 bits per heavy atom. The van der Waals surface area contributed by atoms with Gasteiger partial charge in [-0.3, -0.25) is 10.1 Å². The summed E-state index contributed by atoms with van der Waals surface area (Å²) in [5, 5.41) is 21.2. The molecule has 21 heavy (non-hydrogen) atoms. The molecule has 1 atom stereocenters. The molecule has 0 saturated heterocycles. The van der Waals surface area contributed by atoms with E-state index in [2.05, 4.69) is 0 Å². The van der Waals surface area contributed by atoms with Crippen molar-refractivity contribution in [2.24, 2.45) is 0 Å². The molecule has 2 aromatic carbocycles. The molecule has 0 radical (unpaired) electrons. The number of benzene rings is 2. The summed E-state index contributed by atoms with van der Waals surface area (Å²) in [7, 11) is 0. The van der Waals surface area contributed by atoms with Crippen LogP contribution in [0.4, 0.5) is 5.69 Å². The van der Waals surface area contributed by atoms with Crippen molar-refractivity contribution in [3.05, 3.63) is 62.7 Å². The van der Waals surface area contributed by atoms with Gasteiger partial charge >= 0.3 is 5.69 Å². The first-order valence-corrected chi connectivity index (χ1v) is 6.66. The molecule has 0 amide bonds. The van der Waals surface area contributed by atoms with Crippen molar-refractivity contribution in [3.63, 3.8) is 0 Å². The van der Waals surface area contributed by atoms with Crippen molar-refractivity contribution in [3.8, 4) is 11.5 Å². The summed E-state index contributed by atoms with van der Waals surface area (Å²) in [5.74, 6) is 0.613. The molecule has 110 valence electrons. The first kappa shape index (κ1) is 15.3. The van der Waals surface area contributed by atoms with Crippen LogP contribution in [-0.2, 0) is 0 Å². The highest BCUT2D eigenvalue weighted by atomic mass is 35.5. The number of aryl methyl sites for hydroxylation is 1. The Morgan fingerprint density at radius 3 is 2.48 bits per heavy atom. The second kappa shape index (κ2) is 6.11. The average molecular weight is 308 g/mol. The molecule has 0 heterocycles. The van der Waals surface area contributed by atoms with Gasteiger partial charge in [0.1, 0.15) is 5.75 Å². The number of nitro groups is 1. The Morgan fingerprint density at radius 2 is 1.90 bits per heavy atom. The first-order chi connectivity index (χ1) is 9.88. The number of halogens is 1. The fourth-order valence-electron chi connectivity index (χ4n) is 1.87. The van der Waals surface area contributed by atoms with Crippen LogP contribution < -0.4 is 4.74 Å². The molecular weight excluding hydrogens is 294 g/mol. The molecule has 0 fully saturated rings. The van der Waals surface area contributed by atoms with E-state index in [1.54, 1.807) is 38.1 Å². The molecule has 0 aliphatic heterocycles. The van der Waals surface area contributed by atoms with E-state index >= 15 is 0 Å². The third kappa shape index (κ3) is 3.51. The second-order valence-corrected chi connectivity index (χ2v) is 5.11. The van der Waals surface area contributed by atoms with Crippen LogP contribution in [0.1, 0.15) is 24.2 Å². The Balaban J connectivity index is 2.41. The molecule has 0 spiro atoms. The lowest BCUT2D eigenvalue weighted by Crippen LogP contribution is -1.98. The van der Waals surface area contributed by atoms with Gasteiger partial charge in [-0.15, -0.1) is 0 Å². The van der Waals surface area contributed by atoms with E-state index in [9.17, 15) is 15.2 Å². The van der Waals surface area contributed by atoms with Crippen LogP contribution in [0.25, 0.3) is 0 Å². The summed E-state index contributed by atoms with van der Waals surface area (Å²) in [5.41, 5.74) is 1.04. The van der Waals surface area contributed by atoms with Gasteiger partial charge < -0.3 is 9.84 Å². The number of hydrogen-bond donors (Lipinski definition) is 1. The molecule has 5 nitrogen and oxygen atoms in total. The number of ether oxygens (including phenoxy) is 1. The molecule has 0 aromatic heterocycles. The minimum Gasteiger partial charge on any atom is -0.450 e. The van der Waals surface area contributed by atoms with Gasteiger partial charge in [-0.1, -0.05) is 17.7 Å². The number of rotatable bonds is 4. The minimum atomic E-state index is -0.782. The van der Waals surface area contributed by atoms with Crippen molar-refractivity contribution >= 4 is 17.3 Å². The Hall–Kier alpha value is -2.11. The molecule has 0 saturated carbocycles. The number of aliphatic hydroxyl groups is 1. The Labute approximate surface area is 126 Å². The largest absolute Gasteiger partial charge is 0.450 e. The predicted molar refractivity (Wildman–Crippen MR) is 80.0 cm³/mol. The zero-order chi connectivity index (χ0) is 15.6. The highest BCUT2D eigenvalue weighted by molar-refractivity contribution is 6.30. The van der Waals surface area contributed by atoms with Crippen molar-refractivity contribution in [1.29, 1.82) is 0 Å². The number of hydrogen-bond acceptors (Lipinski definition) is 4. The van der Waals surface area contributed by atoms with Crippen LogP contribution in [0.5, 0.6) is 11.5 Å². The molecular formula is C15H14ClNO4. The summed E-state index contributed by atoms with van der Waals surface area (Å²) in [6.07, 6.45) is -0.782. The lowest BCUT2D eigenvalue weighted by atomic mass is 10.1. The van der Waals surface area contributed by atoms with Crippen molar-refractivity contribution in [1.82, 2.24) is 0 Å². The standard InChI is InChI=1S/C15H14ClNO4/c1-9-7-12(16)4-6-14(9)21-15-5-3-11(10(2)18)8-13(15)17(19)20/h3-8,10,18H,1-2H3/t10-/m1/s1. The molecule has 6 heteroatoms. The zero-order valence-electron chi connectivity index (χ0n) is 11.5. The quantitative estimate of drug-likeness (QED) is 0.671. The average Bonchev–Trinajstić information content (AvgIpc) is 2.41. The van der Waals surface area contributed by atoms with Gasteiger partial charge in [0.05, 0.1) is 11.0 Å². The molecule has 2 aromatic rings. The van der Waals surface area contributed by atoms with Gasteiger partial charge in [-0.2, -0.15) is 0 Å². The van der Waals surface area contributed by atoms with E-state index in [1.807, 2.05) is 0 Å². The minimum absolute atomic E-state index is 0.120. The predicted octanol–water partition coefficient (Wildman–Crippen LogP) is 4.40. The van der Waals surface area contributed by atoms with E-state index in [4.69, 9.17) is 16.3 Å². The summed E-state index contributed by atoms with van der Waals surface area (Å²) >= 11 is 5.87. The Bertz CT molecular complexity index is 685. The smallest absolute Gasteiger partial charge is 0.311 e. The normalized spacial score (nSPS) is 12.0. The van der Waals surface area contributed by atoms with Crippen LogP contribution in [-0.4, -0.2) is 10.0 Å². The van der Waals surface area contributed by atoms with Gasteiger partial charge in [0.15, 0.2) is 0 Å². The molecule has 0 aliphatic carbocycles. The first-order valence-electron chi connectivity index (χ1n) is 6.29. The third-order valence-corrected chi connectivity index (χ3v) is 3.25. The topological polar surface area (TPSA) is 72.6 Å². The van der Waals surface area contributed by atoms with E-state index in [0.29, 0.717) is 16.3 Å². The van der Waals surface area contributed by atoms with Gasteiger partial charge in [-0.05, 0) is 49.2 Å². The van der Waals surface area contributed by atoms with Gasteiger partial charge in [0.25, 0.3) is 0 Å². The van der Waals surface area contributed by atoms with Crippen molar-refractivity contribution in [2.75, 3.05) is 0 Å². The van der Waals surface area contributed by atoms with Crippen LogP contribution in [0.15, 0.2) is 36.4 Å². The summed E-state index contributed by atoms with van der Waals surface area (Å²) < 4.78 is 5.61. The SMILES string of the molecule is Cc1cc(Cl)ccc1Oc1ccc([C@@H](C)O)cc1[N+](=O)[O-]. The maximum absolute atomic E-state index is 11.1. The maximum atomic E-state index is 11.1. The molecule has 1 N–H and O–H groups in total.